The fraction of sp³-hybridized carbons (Fsp3) is 0.636. The van der Waals surface area contributed by atoms with Crippen molar-refractivity contribution in [1.29, 1.82) is 0 Å². The van der Waals surface area contributed by atoms with Gasteiger partial charge in [-0.05, 0) is 32.3 Å². The Morgan fingerprint density at radius 3 is 3.07 bits per heavy atom. The van der Waals surface area contributed by atoms with Gasteiger partial charge in [-0.3, -0.25) is 9.48 Å². The number of hydrogen-bond donors (Lipinski definition) is 0. The van der Waals surface area contributed by atoms with E-state index in [1.807, 2.05) is 17.2 Å². The molecule has 0 aromatic carbocycles. The Hall–Kier alpha value is -1.32. The molecular weight excluding hydrogens is 190 g/mol. The van der Waals surface area contributed by atoms with Crippen molar-refractivity contribution in [3.05, 3.63) is 18.5 Å². The smallest absolute Gasteiger partial charge is 0.244 e. The van der Waals surface area contributed by atoms with E-state index in [4.69, 9.17) is 0 Å². The molecule has 4 nitrogen and oxygen atoms in total. The van der Waals surface area contributed by atoms with Gasteiger partial charge in [0.05, 0.1) is 0 Å². The van der Waals surface area contributed by atoms with Crippen LogP contribution in [0.4, 0.5) is 0 Å². The number of likely N-dealkylation sites (tertiary alicyclic amines) is 1. The molecule has 0 N–H and O–H groups in total. The predicted molar refractivity (Wildman–Crippen MR) is 57.3 cm³/mol. The summed E-state index contributed by atoms with van der Waals surface area (Å²) in [4.78, 5) is 13.9. The number of hydrogen-bond acceptors (Lipinski definition) is 2. The molecule has 0 radical (unpaired) electrons. The maximum atomic E-state index is 11.9. The van der Waals surface area contributed by atoms with Gasteiger partial charge in [-0.1, -0.05) is 0 Å². The normalized spacial score (nSPS) is 21.7. The number of carbonyl (C=O) groups is 1. The van der Waals surface area contributed by atoms with E-state index in [1.165, 1.54) is 6.42 Å². The largest absolute Gasteiger partial charge is 0.338 e. The van der Waals surface area contributed by atoms with Crippen molar-refractivity contribution in [2.75, 3.05) is 6.54 Å². The van der Waals surface area contributed by atoms with E-state index in [0.29, 0.717) is 12.6 Å². The van der Waals surface area contributed by atoms with Crippen molar-refractivity contribution in [2.24, 2.45) is 0 Å². The van der Waals surface area contributed by atoms with Gasteiger partial charge in [0.15, 0.2) is 0 Å². The lowest BCUT2D eigenvalue weighted by molar-refractivity contribution is -0.135. The first-order valence-electron chi connectivity index (χ1n) is 5.54. The number of nitrogens with zero attached hydrogens (tertiary/aromatic N) is 3. The molecule has 0 spiro atoms. The predicted octanol–water partition coefficient (Wildman–Crippen LogP) is 1.28. The highest BCUT2D eigenvalue weighted by atomic mass is 16.2. The average molecular weight is 207 g/mol. The Labute approximate surface area is 89.9 Å². The zero-order valence-electron chi connectivity index (χ0n) is 9.09. The first-order valence-corrected chi connectivity index (χ1v) is 5.54. The molecule has 2 heterocycles. The van der Waals surface area contributed by atoms with E-state index in [9.17, 15) is 4.79 Å². The summed E-state index contributed by atoms with van der Waals surface area (Å²) in [6, 6.07) is 2.23. The van der Waals surface area contributed by atoms with E-state index in [1.54, 1.807) is 10.9 Å². The molecule has 1 aliphatic rings. The molecule has 4 heteroatoms. The van der Waals surface area contributed by atoms with Crippen LogP contribution < -0.4 is 0 Å². The minimum Gasteiger partial charge on any atom is -0.338 e. The second-order valence-corrected chi connectivity index (χ2v) is 4.14. The third kappa shape index (κ3) is 2.37. The fourth-order valence-electron chi connectivity index (χ4n) is 2.09. The lowest BCUT2D eigenvalue weighted by Gasteiger charge is -2.33. The van der Waals surface area contributed by atoms with Crippen LogP contribution >= 0.6 is 0 Å². The van der Waals surface area contributed by atoms with Gasteiger partial charge in [0.2, 0.25) is 5.91 Å². The summed E-state index contributed by atoms with van der Waals surface area (Å²) in [7, 11) is 0. The Balaban J connectivity index is 1.95. The number of aromatic nitrogens is 2. The molecule has 1 aromatic heterocycles. The molecule has 1 amide bonds. The minimum absolute atomic E-state index is 0.186. The van der Waals surface area contributed by atoms with Crippen molar-refractivity contribution in [1.82, 2.24) is 14.7 Å². The van der Waals surface area contributed by atoms with Crippen LogP contribution in [0.2, 0.25) is 0 Å². The lowest BCUT2D eigenvalue weighted by Crippen LogP contribution is -2.43. The maximum Gasteiger partial charge on any atom is 0.244 e. The first kappa shape index (κ1) is 10.2. The fourth-order valence-corrected chi connectivity index (χ4v) is 2.09. The SMILES string of the molecule is CC1CCCCN1C(=O)Cn1cccn1. The van der Waals surface area contributed by atoms with E-state index in [0.717, 1.165) is 19.4 Å². The zero-order chi connectivity index (χ0) is 10.7. The van der Waals surface area contributed by atoms with Gasteiger partial charge in [0.1, 0.15) is 6.54 Å². The molecule has 1 saturated heterocycles. The van der Waals surface area contributed by atoms with Crippen LogP contribution in [-0.4, -0.2) is 33.2 Å². The van der Waals surface area contributed by atoms with Gasteiger partial charge >= 0.3 is 0 Å². The number of rotatable bonds is 2. The maximum absolute atomic E-state index is 11.9. The third-order valence-electron chi connectivity index (χ3n) is 2.98. The molecule has 1 atom stereocenters. The molecule has 0 bridgehead atoms. The van der Waals surface area contributed by atoms with Crippen LogP contribution in [0.25, 0.3) is 0 Å². The summed E-state index contributed by atoms with van der Waals surface area (Å²) in [5.74, 6) is 0.186. The zero-order valence-corrected chi connectivity index (χ0v) is 9.09. The molecule has 2 rings (SSSR count). The standard InChI is InChI=1S/C11H17N3O/c1-10-5-2-3-8-14(10)11(15)9-13-7-4-6-12-13/h4,6-7,10H,2-3,5,8-9H2,1H3. The molecule has 1 fully saturated rings. The highest BCUT2D eigenvalue weighted by molar-refractivity contribution is 5.76. The molecule has 82 valence electrons. The summed E-state index contributed by atoms with van der Waals surface area (Å²) < 4.78 is 1.68. The minimum atomic E-state index is 0.186. The van der Waals surface area contributed by atoms with Crippen LogP contribution in [-0.2, 0) is 11.3 Å². The van der Waals surface area contributed by atoms with Crippen LogP contribution in [0.15, 0.2) is 18.5 Å². The van der Waals surface area contributed by atoms with Crippen LogP contribution in [0.1, 0.15) is 26.2 Å². The molecule has 1 aliphatic heterocycles. The van der Waals surface area contributed by atoms with E-state index in [-0.39, 0.29) is 5.91 Å². The van der Waals surface area contributed by atoms with Gasteiger partial charge in [-0.2, -0.15) is 5.10 Å². The van der Waals surface area contributed by atoms with Crippen molar-refractivity contribution in [3.8, 4) is 0 Å². The molecule has 0 aliphatic carbocycles. The highest BCUT2D eigenvalue weighted by Crippen LogP contribution is 2.16. The van der Waals surface area contributed by atoms with Crippen LogP contribution in [0.3, 0.4) is 0 Å². The monoisotopic (exact) mass is 207 g/mol. The summed E-state index contributed by atoms with van der Waals surface area (Å²) in [5, 5.41) is 4.05. The Morgan fingerprint density at radius 1 is 1.53 bits per heavy atom. The van der Waals surface area contributed by atoms with Crippen molar-refractivity contribution >= 4 is 5.91 Å². The molecular formula is C11H17N3O. The summed E-state index contributed by atoms with van der Waals surface area (Å²) in [6.45, 7) is 3.40. The van der Waals surface area contributed by atoms with Gasteiger partial charge in [0, 0.05) is 25.0 Å². The lowest BCUT2D eigenvalue weighted by atomic mass is 10.0. The van der Waals surface area contributed by atoms with E-state index in [2.05, 4.69) is 12.0 Å². The first-order chi connectivity index (χ1) is 7.27. The number of piperidine rings is 1. The highest BCUT2D eigenvalue weighted by Gasteiger charge is 2.22. The quantitative estimate of drug-likeness (QED) is 0.732. The summed E-state index contributed by atoms with van der Waals surface area (Å²) in [6.07, 6.45) is 7.03. The summed E-state index contributed by atoms with van der Waals surface area (Å²) in [5.41, 5.74) is 0. The topological polar surface area (TPSA) is 38.1 Å². The van der Waals surface area contributed by atoms with Gasteiger partial charge in [0.25, 0.3) is 0 Å². The van der Waals surface area contributed by atoms with Gasteiger partial charge in [-0.15, -0.1) is 0 Å². The van der Waals surface area contributed by atoms with E-state index < -0.39 is 0 Å². The Morgan fingerprint density at radius 2 is 2.40 bits per heavy atom. The molecule has 1 unspecified atom stereocenters. The third-order valence-corrected chi connectivity index (χ3v) is 2.98. The van der Waals surface area contributed by atoms with Crippen LogP contribution in [0, 0.1) is 0 Å². The van der Waals surface area contributed by atoms with E-state index >= 15 is 0 Å². The van der Waals surface area contributed by atoms with Crippen molar-refractivity contribution < 1.29 is 4.79 Å². The second-order valence-electron chi connectivity index (χ2n) is 4.14. The van der Waals surface area contributed by atoms with Crippen molar-refractivity contribution in [2.45, 2.75) is 38.8 Å². The average Bonchev–Trinajstić information content (AvgIpc) is 2.71. The Bertz CT molecular complexity index is 321. The molecule has 15 heavy (non-hydrogen) atoms. The van der Waals surface area contributed by atoms with Gasteiger partial charge < -0.3 is 4.90 Å². The Kier molecular flexibility index (Phi) is 3.04. The molecule has 1 aromatic rings. The van der Waals surface area contributed by atoms with Crippen LogP contribution in [0.5, 0.6) is 0 Å². The second kappa shape index (κ2) is 4.47. The number of carbonyl (C=O) groups excluding carboxylic acids is 1. The number of amides is 1. The van der Waals surface area contributed by atoms with Gasteiger partial charge in [-0.25, -0.2) is 0 Å². The molecule has 0 saturated carbocycles. The summed E-state index contributed by atoms with van der Waals surface area (Å²) >= 11 is 0. The van der Waals surface area contributed by atoms with Crippen molar-refractivity contribution in [3.63, 3.8) is 0 Å².